The summed E-state index contributed by atoms with van der Waals surface area (Å²) in [5.74, 6) is -0.264. The van der Waals surface area contributed by atoms with Crippen molar-refractivity contribution in [3.63, 3.8) is 0 Å². The van der Waals surface area contributed by atoms with E-state index in [9.17, 15) is 13.2 Å². The molecule has 0 aliphatic heterocycles. The van der Waals surface area contributed by atoms with E-state index in [1.54, 1.807) is 45.0 Å². The van der Waals surface area contributed by atoms with E-state index in [0.29, 0.717) is 0 Å². The average Bonchev–Trinajstić information content (AvgIpc) is 2.99. The lowest BCUT2D eigenvalue weighted by atomic mass is 10.1. The Kier molecular flexibility index (Phi) is 6.30. The van der Waals surface area contributed by atoms with Crippen LogP contribution in [0.25, 0.3) is 0 Å². The smallest absolute Gasteiger partial charge is 0.276 e. The molecule has 0 bridgehead atoms. The number of sulfonamides is 1. The van der Waals surface area contributed by atoms with Crippen molar-refractivity contribution in [2.75, 3.05) is 5.32 Å². The summed E-state index contributed by atoms with van der Waals surface area (Å²) < 4.78 is 30.0. The summed E-state index contributed by atoms with van der Waals surface area (Å²) in [4.78, 5) is 12.9. The minimum Gasteiger partial charge on any atom is -0.319 e. The molecule has 0 unspecified atom stereocenters. The summed E-state index contributed by atoms with van der Waals surface area (Å²) in [7, 11) is -3.81. The molecule has 7 nitrogen and oxygen atoms in total. The van der Waals surface area contributed by atoms with E-state index >= 15 is 0 Å². The Balaban J connectivity index is 2.41. The van der Waals surface area contributed by atoms with Gasteiger partial charge in [-0.2, -0.15) is 5.10 Å². The lowest BCUT2D eigenvalue weighted by Gasteiger charge is -2.23. The highest BCUT2D eigenvalue weighted by atomic mass is 32.2. The topological polar surface area (TPSA) is 93.1 Å². The highest BCUT2D eigenvalue weighted by Gasteiger charge is 2.27. The fraction of sp³-hybridized carbons (Fsp3) is 0.524. The lowest BCUT2D eigenvalue weighted by Crippen LogP contribution is -2.40. The Labute approximate surface area is 173 Å². The Hall–Kier alpha value is -2.19. The van der Waals surface area contributed by atoms with Crippen LogP contribution in [0, 0.1) is 0 Å². The van der Waals surface area contributed by atoms with E-state index in [-0.39, 0.29) is 27.7 Å². The van der Waals surface area contributed by atoms with Gasteiger partial charge >= 0.3 is 0 Å². The number of benzene rings is 1. The molecule has 0 fully saturated rings. The van der Waals surface area contributed by atoms with Crippen molar-refractivity contribution in [1.82, 2.24) is 14.5 Å². The molecule has 0 aliphatic rings. The van der Waals surface area contributed by atoms with E-state index in [0.717, 1.165) is 5.69 Å². The number of hydrogen-bond acceptors (Lipinski definition) is 4. The molecule has 0 aliphatic carbocycles. The van der Waals surface area contributed by atoms with Gasteiger partial charge in [0.25, 0.3) is 5.91 Å². The van der Waals surface area contributed by atoms with Crippen LogP contribution < -0.4 is 10.0 Å². The number of rotatable bonds is 5. The summed E-state index contributed by atoms with van der Waals surface area (Å²) in [5.41, 5.74) is 0.479. The fourth-order valence-electron chi connectivity index (χ4n) is 2.90. The van der Waals surface area contributed by atoms with Gasteiger partial charge in [-0.15, -0.1) is 0 Å². The van der Waals surface area contributed by atoms with Gasteiger partial charge in [-0.25, -0.2) is 13.1 Å². The van der Waals surface area contributed by atoms with Gasteiger partial charge in [0.2, 0.25) is 10.0 Å². The quantitative estimate of drug-likeness (QED) is 0.762. The SMILES string of the molecule is CC(C)c1cc(C(=O)Nc2ccccc2S(=O)(=O)NC(C)(C)C)nn1C(C)(C)C. The van der Waals surface area contributed by atoms with Gasteiger partial charge in [-0.3, -0.25) is 9.48 Å². The van der Waals surface area contributed by atoms with Crippen LogP contribution in [0.15, 0.2) is 35.2 Å². The Morgan fingerprint density at radius 2 is 1.66 bits per heavy atom. The maximum atomic E-state index is 12.9. The Morgan fingerprint density at radius 1 is 1.07 bits per heavy atom. The number of carbonyl (C=O) groups is 1. The summed E-state index contributed by atoms with van der Waals surface area (Å²) in [6, 6.07) is 8.10. The third-order valence-corrected chi connectivity index (χ3v) is 5.88. The zero-order valence-corrected chi connectivity index (χ0v) is 19.3. The first-order valence-corrected chi connectivity index (χ1v) is 11.1. The van der Waals surface area contributed by atoms with Crippen molar-refractivity contribution in [3.8, 4) is 0 Å². The molecule has 29 heavy (non-hydrogen) atoms. The molecule has 1 aromatic heterocycles. The normalized spacial score (nSPS) is 13.0. The number of anilines is 1. The van der Waals surface area contributed by atoms with Gasteiger partial charge in [-0.05, 0) is 65.7 Å². The average molecular weight is 421 g/mol. The second-order valence-corrected chi connectivity index (χ2v) is 11.1. The first-order valence-electron chi connectivity index (χ1n) is 9.66. The molecule has 2 N–H and O–H groups in total. The minimum atomic E-state index is -3.81. The molecule has 160 valence electrons. The fourth-order valence-corrected chi connectivity index (χ4v) is 4.49. The lowest BCUT2D eigenvalue weighted by molar-refractivity contribution is 0.102. The molecule has 0 saturated carbocycles. The van der Waals surface area contributed by atoms with E-state index in [2.05, 4.69) is 15.1 Å². The van der Waals surface area contributed by atoms with Crippen molar-refractivity contribution in [2.24, 2.45) is 0 Å². The second-order valence-electron chi connectivity index (χ2n) is 9.50. The van der Waals surface area contributed by atoms with Crippen molar-refractivity contribution >= 4 is 21.6 Å². The predicted octanol–water partition coefficient (Wildman–Crippen LogP) is 4.09. The molecular weight excluding hydrogens is 388 g/mol. The van der Waals surface area contributed by atoms with Gasteiger partial charge in [0.15, 0.2) is 5.69 Å². The van der Waals surface area contributed by atoms with Crippen molar-refractivity contribution in [2.45, 2.75) is 77.3 Å². The van der Waals surface area contributed by atoms with Crippen LogP contribution in [-0.2, 0) is 15.6 Å². The molecule has 0 radical (unpaired) electrons. The van der Waals surface area contributed by atoms with Gasteiger partial charge < -0.3 is 5.32 Å². The highest BCUT2D eigenvalue weighted by molar-refractivity contribution is 7.89. The maximum absolute atomic E-state index is 12.9. The number of aromatic nitrogens is 2. The molecule has 0 saturated heterocycles. The van der Waals surface area contributed by atoms with Crippen LogP contribution in [0.1, 0.15) is 77.5 Å². The third-order valence-electron chi connectivity index (χ3n) is 4.06. The molecule has 2 rings (SSSR count). The monoisotopic (exact) mass is 420 g/mol. The van der Waals surface area contributed by atoms with Crippen molar-refractivity contribution in [1.29, 1.82) is 0 Å². The molecule has 0 spiro atoms. The number of nitrogens with one attached hydrogen (secondary N) is 2. The van der Waals surface area contributed by atoms with Crippen molar-refractivity contribution < 1.29 is 13.2 Å². The summed E-state index contributed by atoms with van der Waals surface area (Å²) >= 11 is 0. The van der Waals surface area contributed by atoms with E-state index in [1.165, 1.54) is 6.07 Å². The van der Waals surface area contributed by atoms with Crippen LogP contribution in [0.3, 0.4) is 0 Å². The highest BCUT2D eigenvalue weighted by Crippen LogP contribution is 2.26. The first kappa shape index (κ1) is 23.1. The summed E-state index contributed by atoms with van der Waals surface area (Å²) in [5, 5.41) is 7.21. The van der Waals surface area contributed by atoms with Gasteiger partial charge in [-0.1, -0.05) is 26.0 Å². The molecule has 8 heteroatoms. The largest absolute Gasteiger partial charge is 0.319 e. The number of para-hydroxylation sites is 1. The summed E-state index contributed by atoms with van der Waals surface area (Å²) in [6.45, 7) is 15.4. The molecule has 1 heterocycles. The van der Waals surface area contributed by atoms with Crippen molar-refractivity contribution in [3.05, 3.63) is 41.7 Å². The molecular formula is C21H32N4O3S. The first-order chi connectivity index (χ1) is 13.1. The summed E-state index contributed by atoms with van der Waals surface area (Å²) in [6.07, 6.45) is 0. The molecule has 2 aromatic rings. The zero-order valence-electron chi connectivity index (χ0n) is 18.5. The molecule has 0 atom stereocenters. The molecule has 1 amide bonds. The number of hydrogen-bond donors (Lipinski definition) is 2. The standard InChI is InChI=1S/C21H32N4O3S/c1-14(2)17-13-16(23-25(17)21(6,7)8)19(26)22-15-11-9-10-12-18(15)29(27,28)24-20(3,4)5/h9-14,24H,1-8H3,(H,22,26). The third kappa shape index (κ3) is 5.67. The van der Waals surface area contributed by atoms with Crippen LogP contribution >= 0.6 is 0 Å². The Bertz CT molecular complexity index is 994. The van der Waals surface area contributed by atoms with Crippen LogP contribution in [-0.4, -0.2) is 29.6 Å². The van der Waals surface area contributed by atoms with Gasteiger partial charge in [0.1, 0.15) is 4.90 Å². The minimum absolute atomic E-state index is 0.0163. The van der Waals surface area contributed by atoms with E-state index in [4.69, 9.17) is 0 Å². The second kappa shape index (κ2) is 7.91. The maximum Gasteiger partial charge on any atom is 0.276 e. The number of amides is 1. The Morgan fingerprint density at radius 3 is 2.14 bits per heavy atom. The zero-order chi connectivity index (χ0) is 22.2. The van der Waals surface area contributed by atoms with Crippen LogP contribution in [0.5, 0.6) is 0 Å². The van der Waals surface area contributed by atoms with Crippen LogP contribution in [0.2, 0.25) is 0 Å². The van der Waals surface area contributed by atoms with Crippen LogP contribution in [0.4, 0.5) is 5.69 Å². The predicted molar refractivity (Wildman–Crippen MR) is 116 cm³/mol. The van der Waals surface area contributed by atoms with E-state index < -0.39 is 21.5 Å². The van der Waals surface area contributed by atoms with E-state index in [1.807, 2.05) is 39.3 Å². The van der Waals surface area contributed by atoms with Gasteiger partial charge in [0.05, 0.1) is 11.2 Å². The molecule has 1 aromatic carbocycles. The number of carbonyl (C=O) groups excluding carboxylic acids is 1. The van der Waals surface area contributed by atoms with Gasteiger partial charge in [0, 0.05) is 11.2 Å². The number of nitrogens with zero attached hydrogens (tertiary/aromatic N) is 2.